The van der Waals surface area contributed by atoms with E-state index in [-0.39, 0.29) is 12.1 Å². The van der Waals surface area contributed by atoms with Crippen LogP contribution in [0.15, 0.2) is 6.20 Å². The van der Waals surface area contributed by atoms with Gasteiger partial charge in [0.1, 0.15) is 0 Å². The Morgan fingerprint density at radius 1 is 1.57 bits per heavy atom. The van der Waals surface area contributed by atoms with Gasteiger partial charge in [-0.25, -0.2) is 13.2 Å². The van der Waals surface area contributed by atoms with E-state index in [1.807, 2.05) is 0 Å². The molecule has 0 fully saturated rings. The van der Waals surface area contributed by atoms with Gasteiger partial charge in [0.25, 0.3) is 6.43 Å². The molecule has 6 heteroatoms. The SMILES string of the molecule is N#CCc1ncc(N)c(C(F)F)c1F. The molecule has 1 heterocycles. The lowest BCUT2D eigenvalue weighted by Gasteiger charge is -2.07. The van der Waals surface area contributed by atoms with Gasteiger partial charge in [0.2, 0.25) is 0 Å². The van der Waals surface area contributed by atoms with E-state index in [9.17, 15) is 13.2 Å². The number of alkyl halides is 2. The van der Waals surface area contributed by atoms with E-state index in [1.54, 1.807) is 6.07 Å². The number of halogens is 3. The van der Waals surface area contributed by atoms with Crippen LogP contribution in [0.25, 0.3) is 0 Å². The zero-order chi connectivity index (χ0) is 10.7. The van der Waals surface area contributed by atoms with Crippen LogP contribution in [0.3, 0.4) is 0 Å². The summed E-state index contributed by atoms with van der Waals surface area (Å²) >= 11 is 0. The Kier molecular flexibility index (Phi) is 2.92. The Morgan fingerprint density at radius 2 is 2.21 bits per heavy atom. The minimum Gasteiger partial charge on any atom is -0.397 e. The Morgan fingerprint density at radius 3 is 2.71 bits per heavy atom. The summed E-state index contributed by atoms with van der Waals surface area (Å²) in [5.74, 6) is -1.19. The maximum absolute atomic E-state index is 13.2. The van der Waals surface area contributed by atoms with Gasteiger partial charge >= 0.3 is 0 Å². The fraction of sp³-hybridized carbons (Fsp3) is 0.250. The van der Waals surface area contributed by atoms with Gasteiger partial charge < -0.3 is 5.73 Å². The Balaban J connectivity index is 3.28. The number of nitrogens with zero attached hydrogens (tertiary/aromatic N) is 2. The van der Waals surface area contributed by atoms with Gasteiger partial charge in [0.05, 0.1) is 35.6 Å². The number of nitriles is 1. The molecular weight excluding hydrogens is 195 g/mol. The molecule has 0 aromatic carbocycles. The number of rotatable bonds is 2. The molecule has 14 heavy (non-hydrogen) atoms. The minimum absolute atomic E-state index is 0.308. The summed E-state index contributed by atoms with van der Waals surface area (Å²) in [5, 5.41) is 8.27. The second kappa shape index (κ2) is 3.96. The second-order valence-corrected chi connectivity index (χ2v) is 2.52. The predicted molar refractivity (Wildman–Crippen MR) is 42.9 cm³/mol. The van der Waals surface area contributed by atoms with Crippen molar-refractivity contribution in [1.82, 2.24) is 4.98 Å². The van der Waals surface area contributed by atoms with Crippen LogP contribution in [0, 0.1) is 17.1 Å². The van der Waals surface area contributed by atoms with Crippen molar-refractivity contribution >= 4 is 5.69 Å². The molecule has 0 spiro atoms. The highest BCUT2D eigenvalue weighted by Gasteiger charge is 2.20. The average Bonchev–Trinajstić information content (AvgIpc) is 2.10. The van der Waals surface area contributed by atoms with E-state index in [2.05, 4.69) is 4.98 Å². The molecule has 74 valence electrons. The largest absolute Gasteiger partial charge is 0.397 e. The molecule has 1 aromatic rings. The van der Waals surface area contributed by atoms with Crippen molar-refractivity contribution in [3.05, 3.63) is 23.3 Å². The van der Waals surface area contributed by atoms with Gasteiger partial charge in [0, 0.05) is 0 Å². The lowest BCUT2D eigenvalue weighted by Crippen LogP contribution is -2.05. The van der Waals surface area contributed by atoms with E-state index in [4.69, 9.17) is 11.0 Å². The number of nitrogen functional groups attached to an aromatic ring is 1. The van der Waals surface area contributed by atoms with Gasteiger partial charge in [-0.3, -0.25) is 4.98 Å². The molecule has 0 aliphatic rings. The van der Waals surface area contributed by atoms with E-state index in [0.717, 1.165) is 6.20 Å². The van der Waals surface area contributed by atoms with Crippen LogP contribution in [0.1, 0.15) is 17.7 Å². The summed E-state index contributed by atoms with van der Waals surface area (Å²) in [5.41, 5.74) is 3.53. The Hall–Kier alpha value is -1.77. The van der Waals surface area contributed by atoms with Crippen LogP contribution in [0.2, 0.25) is 0 Å². The standard InChI is InChI=1S/C8H6F3N3/c9-7-5(1-2-12)14-3-4(13)6(7)8(10)11/h3,8H,1,13H2. The fourth-order valence-electron chi connectivity index (χ4n) is 0.976. The average molecular weight is 201 g/mol. The van der Waals surface area contributed by atoms with Crippen LogP contribution < -0.4 is 5.73 Å². The number of hydrogen-bond donors (Lipinski definition) is 1. The van der Waals surface area contributed by atoms with Crippen LogP contribution in [0.4, 0.5) is 18.9 Å². The Labute approximate surface area is 78.0 Å². The van der Waals surface area contributed by atoms with Crippen molar-refractivity contribution in [2.45, 2.75) is 12.8 Å². The quantitative estimate of drug-likeness (QED) is 0.793. The smallest absolute Gasteiger partial charge is 0.268 e. The van der Waals surface area contributed by atoms with Crippen LogP contribution >= 0.6 is 0 Å². The lowest BCUT2D eigenvalue weighted by atomic mass is 10.1. The van der Waals surface area contributed by atoms with E-state index in [0.29, 0.717) is 0 Å². The van der Waals surface area contributed by atoms with Gasteiger partial charge in [0.15, 0.2) is 5.82 Å². The number of nitrogens with two attached hydrogens (primary N) is 1. The van der Waals surface area contributed by atoms with E-state index < -0.39 is 23.5 Å². The van der Waals surface area contributed by atoms with Gasteiger partial charge in [-0.15, -0.1) is 0 Å². The molecule has 0 saturated heterocycles. The summed E-state index contributed by atoms with van der Waals surface area (Å²) in [6.45, 7) is 0. The highest BCUT2D eigenvalue weighted by atomic mass is 19.3. The molecule has 1 rings (SSSR count). The normalized spacial score (nSPS) is 10.2. The van der Waals surface area contributed by atoms with Gasteiger partial charge in [-0.1, -0.05) is 0 Å². The van der Waals surface area contributed by atoms with Crippen molar-refractivity contribution in [2.75, 3.05) is 5.73 Å². The molecule has 0 bridgehead atoms. The fourth-order valence-corrected chi connectivity index (χ4v) is 0.976. The third-order valence-corrected chi connectivity index (χ3v) is 1.63. The first kappa shape index (κ1) is 10.3. The maximum Gasteiger partial charge on any atom is 0.268 e. The number of anilines is 1. The summed E-state index contributed by atoms with van der Waals surface area (Å²) in [6.07, 6.45) is -2.43. The summed E-state index contributed by atoms with van der Waals surface area (Å²) in [4.78, 5) is 3.45. The zero-order valence-electron chi connectivity index (χ0n) is 6.97. The minimum atomic E-state index is -3.00. The van der Waals surface area contributed by atoms with E-state index in [1.165, 1.54) is 0 Å². The third-order valence-electron chi connectivity index (χ3n) is 1.63. The molecular formula is C8H6F3N3. The summed E-state index contributed by atoms with van der Waals surface area (Å²) in [6, 6.07) is 1.62. The molecule has 0 atom stereocenters. The predicted octanol–water partition coefficient (Wildman–Crippen LogP) is 1.81. The molecule has 0 amide bonds. The van der Waals surface area contributed by atoms with Crippen LogP contribution in [-0.2, 0) is 6.42 Å². The summed E-state index contributed by atoms with van der Waals surface area (Å²) in [7, 11) is 0. The van der Waals surface area contributed by atoms with Crippen molar-refractivity contribution in [3.63, 3.8) is 0 Å². The highest BCUT2D eigenvalue weighted by Crippen LogP contribution is 2.28. The summed E-state index contributed by atoms with van der Waals surface area (Å²) < 4.78 is 37.8. The maximum atomic E-state index is 13.2. The highest BCUT2D eigenvalue weighted by molar-refractivity contribution is 5.47. The molecule has 2 N–H and O–H groups in total. The molecule has 0 aliphatic carbocycles. The van der Waals surface area contributed by atoms with Crippen molar-refractivity contribution < 1.29 is 13.2 Å². The van der Waals surface area contributed by atoms with Crippen LogP contribution in [0.5, 0.6) is 0 Å². The number of hydrogen-bond acceptors (Lipinski definition) is 3. The topological polar surface area (TPSA) is 62.7 Å². The number of pyridine rings is 1. The first-order valence-corrected chi connectivity index (χ1v) is 3.65. The van der Waals surface area contributed by atoms with Crippen molar-refractivity contribution in [1.29, 1.82) is 5.26 Å². The Bertz CT molecular complexity index is 384. The number of aromatic nitrogens is 1. The second-order valence-electron chi connectivity index (χ2n) is 2.52. The first-order chi connectivity index (χ1) is 6.57. The molecule has 3 nitrogen and oxygen atoms in total. The monoisotopic (exact) mass is 201 g/mol. The lowest BCUT2D eigenvalue weighted by molar-refractivity contribution is 0.147. The van der Waals surface area contributed by atoms with Crippen molar-refractivity contribution in [2.24, 2.45) is 0 Å². The molecule has 0 unspecified atom stereocenters. The van der Waals surface area contributed by atoms with Crippen molar-refractivity contribution in [3.8, 4) is 6.07 Å². The molecule has 0 saturated carbocycles. The van der Waals surface area contributed by atoms with E-state index >= 15 is 0 Å². The first-order valence-electron chi connectivity index (χ1n) is 3.65. The third kappa shape index (κ3) is 1.76. The van der Waals surface area contributed by atoms with Gasteiger partial charge in [-0.05, 0) is 0 Å². The zero-order valence-corrected chi connectivity index (χ0v) is 6.97. The molecule has 0 radical (unpaired) electrons. The van der Waals surface area contributed by atoms with Gasteiger partial charge in [-0.2, -0.15) is 5.26 Å². The molecule has 1 aromatic heterocycles. The molecule has 0 aliphatic heterocycles. The van der Waals surface area contributed by atoms with Crippen LogP contribution in [-0.4, -0.2) is 4.98 Å².